The van der Waals surface area contributed by atoms with Gasteiger partial charge >= 0.3 is 0 Å². The first-order chi connectivity index (χ1) is 9.92. The third-order valence-corrected chi connectivity index (χ3v) is 4.48. The topological polar surface area (TPSA) is 96.0 Å². The van der Waals surface area contributed by atoms with Crippen molar-refractivity contribution in [3.63, 3.8) is 0 Å². The number of anilines is 1. The summed E-state index contributed by atoms with van der Waals surface area (Å²) < 4.78 is 26.9. The van der Waals surface area contributed by atoms with Crippen molar-refractivity contribution in [3.8, 4) is 6.07 Å². The number of sulfonamides is 1. The molecule has 0 atom stereocenters. The van der Waals surface area contributed by atoms with Gasteiger partial charge < -0.3 is 5.73 Å². The summed E-state index contributed by atoms with van der Waals surface area (Å²) in [5, 5.41) is 8.82. The summed E-state index contributed by atoms with van der Waals surface area (Å²) in [6.07, 6.45) is 0. The van der Waals surface area contributed by atoms with Crippen LogP contribution in [-0.2, 0) is 16.6 Å². The Bertz CT molecular complexity index is 808. The molecule has 108 valence electrons. The quantitative estimate of drug-likeness (QED) is 0.843. The van der Waals surface area contributed by atoms with E-state index in [-0.39, 0.29) is 11.4 Å². The standard InChI is InChI=1S/C15H15N3O2S/c1-11-5-6-14(8-15(11)17)21(19,20)18-10-13-4-2-3-12(7-13)9-16/h2-8,18H,10,17H2,1H3. The molecule has 5 nitrogen and oxygen atoms in total. The Labute approximate surface area is 124 Å². The lowest BCUT2D eigenvalue weighted by Gasteiger charge is -2.09. The first kappa shape index (κ1) is 15.0. The van der Waals surface area contributed by atoms with Crippen LogP contribution in [0.2, 0.25) is 0 Å². The number of hydrogen-bond donors (Lipinski definition) is 2. The van der Waals surface area contributed by atoms with Crippen molar-refractivity contribution in [2.45, 2.75) is 18.4 Å². The average Bonchev–Trinajstić information content (AvgIpc) is 2.48. The van der Waals surface area contributed by atoms with Crippen molar-refractivity contribution >= 4 is 15.7 Å². The highest BCUT2D eigenvalue weighted by molar-refractivity contribution is 7.89. The second kappa shape index (κ2) is 5.95. The number of aryl methyl sites for hydroxylation is 1. The maximum atomic E-state index is 12.2. The smallest absolute Gasteiger partial charge is 0.240 e. The molecule has 0 heterocycles. The van der Waals surface area contributed by atoms with Gasteiger partial charge in [-0.25, -0.2) is 13.1 Å². The van der Waals surface area contributed by atoms with E-state index in [1.807, 2.05) is 13.0 Å². The van der Waals surface area contributed by atoms with Crippen LogP contribution < -0.4 is 10.5 Å². The number of nitrogens with one attached hydrogen (secondary N) is 1. The Kier molecular flexibility index (Phi) is 4.26. The Morgan fingerprint density at radius 3 is 2.67 bits per heavy atom. The Morgan fingerprint density at radius 1 is 1.24 bits per heavy atom. The molecule has 0 saturated carbocycles. The van der Waals surface area contributed by atoms with Crippen LogP contribution in [-0.4, -0.2) is 8.42 Å². The molecule has 21 heavy (non-hydrogen) atoms. The molecule has 0 saturated heterocycles. The van der Waals surface area contributed by atoms with Gasteiger partial charge in [0.2, 0.25) is 10.0 Å². The molecule has 0 radical (unpaired) electrons. The van der Waals surface area contributed by atoms with Crippen LogP contribution in [0.3, 0.4) is 0 Å². The zero-order valence-electron chi connectivity index (χ0n) is 11.5. The average molecular weight is 301 g/mol. The van der Waals surface area contributed by atoms with Gasteiger partial charge in [0.05, 0.1) is 16.5 Å². The third kappa shape index (κ3) is 3.60. The molecule has 2 aromatic rings. The monoisotopic (exact) mass is 301 g/mol. The van der Waals surface area contributed by atoms with Crippen molar-refractivity contribution in [3.05, 3.63) is 59.2 Å². The van der Waals surface area contributed by atoms with Gasteiger partial charge in [-0.05, 0) is 42.3 Å². The lowest BCUT2D eigenvalue weighted by atomic mass is 10.1. The molecule has 0 aliphatic heterocycles. The highest BCUT2D eigenvalue weighted by Gasteiger charge is 2.14. The summed E-state index contributed by atoms with van der Waals surface area (Å²) in [6, 6.07) is 13.4. The summed E-state index contributed by atoms with van der Waals surface area (Å²) in [6.45, 7) is 1.93. The van der Waals surface area contributed by atoms with E-state index in [4.69, 9.17) is 11.0 Å². The van der Waals surface area contributed by atoms with E-state index < -0.39 is 10.0 Å². The van der Waals surface area contributed by atoms with E-state index in [1.165, 1.54) is 12.1 Å². The van der Waals surface area contributed by atoms with E-state index >= 15 is 0 Å². The summed E-state index contributed by atoms with van der Waals surface area (Å²) in [5.41, 5.74) is 8.21. The second-order valence-electron chi connectivity index (χ2n) is 4.66. The van der Waals surface area contributed by atoms with E-state index in [9.17, 15) is 8.42 Å². The van der Waals surface area contributed by atoms with Gasteiger partial charge in [-0.15, -0.1) is 0 Å². The summed E-state index contributed by atoms with van der Waals surface area (Å²) >= 11 is 0. The van der Waals surface area contributed by atoms with Gasteiger partial charge in [-0.2, -0.15) is 5.26 Å². The molecular formula is C15H15N3O2S. The van der Waals surface area contributed by atoms with Crippen LogP contribution in [0.1, 0.15) is 16.7 Å². The Hall–Kier alpha value is -2.36. The van der Waals surface area contributed by atoms with Gasteiger partial charge in [0.15, 0.2) is 0 Å². The molecule has 0 amide bonds. The lowest BCUT2D eigenvalue weighted by molar-refractivity contribution is 0.581. The molecular weight excluding hydrogens is 286 g/mol. The van der Waals surface area contributed by atoms with Crippen LogP contribution >= 0.6 is 0 Å². The molecule has 0 spiro atoms. The van der Waals surface area contributed by atoms with Crippen LogP contribution in [0, 0.1) is 18.3 Å². The van der Waals surface area contributed by atoms with Crippen molar-refractivity contribution in [1.82, 2.24) is 4.72 Å². The molecule has 0 aliphatic carbocycles. The number of benzene rings is 2. The Balaban J connectivity index is 2.17. The number of hydrogen-bond acceptors (Lipinski definition) is 4. The molecule has 2 rings (SSSR count). The second-order valence-corrected chi connectivity index (χ2v) is 6.42. The Morgan fingerprint density at radius 2 is 2.00 bits per heavy atom. The normalized spacial score (nSPS) is 11.0. The number of nitriles is 1. The number of rotatable bonds is 4. The summed E-state index contributed by atoms with van der Waals surface area (Å²) in [4.78, 5) is 0.127. The molecule has 2 aromatic carbocycles. The zero-order chi connectivity index (χ0) is 15.5. The molecule has 0 unspecified atom stereocenters. The predicted molar refractivity (Wildman–Crippen MR) is 80.8 cm³/mol. The van der Waals surface area contributed by atoms with E-state index in [2.05, 4.69) is 4.72 Å². The maximum Gasteiger partial charge on any atom is 0.240 e. The fourth-order valence-corrected chi connectivity index (χ4v) is 2.85. The zero-order valence-corrected chi connectivity index (χ0v) is 12.3. The summed E-state index contributed by atoms with van der Waals surface area (Å²) in [7, 11) is -3.63. The van der Waals surface area contributed by atoms with Gasteiger partial charge in [0, 0.05) is 12.2 Å². The lowest BCUT2D eigenvalue weighted by Crippen LogP contribution is -2.23. The number of nitrogens with zero attached hydrogens (tertiary/aromatic N) is 1. The van der Waals surface area contributed by atoms with Crippen LogP contribution in [0.15, 0.2) is 47.4 Å². The third-order valence-electron chi connectivity index (χ3n) is 3.08. The van der Waals surface area contributed by atoms with Gasteiger partial charge in [0.25, 0.3) is 0 Å². The predicted octanol–water partition coefficient (Wildman–Crippen LogP) is 1.93. The number of nitrogens with two attached hydrogens (primary N) is 1. The largest absolute Gasteiger partial charge is 0.398 e. The molecule has 0 aliphatic rings. The number of nitrogen functional groups attached to an aromatic ring is 1. The van der Waals surface area contributed by atoms with Crippen molar-refractivity contribution in [2.75, 3.05) is 5.73 Å². The fourth-order valence-electron chi connectivity index (χ4n) is 1.80. The highest BCUT2D eigenvalue weighted by Crippen LogP contribution is 2.17. The van der Waals surface area contributed by atoms with Crippen molar-refractivity contribution < 1.29 is 8.42 Å². The molecule has 0 bridgehead atoms. The molecule has 3 N–H and O–H groups in total. The summed E-state index contributed by atoms with van der Waals surface area (Å²) in [5.74, 6) is 0. The molecule has 0 aromatic heterocycles. The van der Waals surface area contributed by atoms with E-state index in [1.54, 1.807) is 30.3 Å². The minimum atomic E-state index is -3.63. The van der Waals surface area contributed by atoms with E-state index in [0.29, 0.717) is 11.3 Å². The maximum absolute atomic E-state index is 12.2. The van der Waals surface area contributed by atoms with Crippen molar-refractivity contribution in [1.29, 1.82) is 5.26 Å². The van der Waals surface area contributed by atoms with Crippen LogP contribution in [0.25, 0.3) is 0 Å². The van der Waals surface area contributed by atoms with Crippen LogP contribution in [0.4, 0.5) is 5.69 Å². The van der Waals surface area contributed by atoms with Crippen LogP contribution in [0.5, 0.6) is 0 Å². The molecule has 6 heteroatoms. The first-order valence-corrected chi connectivity index (χ1v) is 7.75. The highest BCUT2D eigenvalue weighted by atomic mass is 32.2. The fraction of sp³-hybridized carbons (Fsp3) is 0.133. The van der Waals surface area contributed by atoms with Gasteiger partial charge in [-0.1, -0.05) is 18.2 Å². The van der Waals surface area contributed by atoms with E-state index in [0.717, 1.165) is 11.1 Å². The van der Waals surface area contributed by atoms with Crippen molar-refractivity contribution in [2.24, 2.45) is 0 Å². The minimum absolute atomic E-state index is 0.117. The van der Waals surface area contributed by atoms with Gasteiger partial charge in [0.1, 0.15) is 0 Å². The SMILES string of the molecule is Cc1ccc(S(=O)(=O)NCc2cccc(C#N)c2)cc1N. The molecule has 0 fully saturated rings. The minimum Gasteiger partial charge on any atom is -0.398 e. The first-order valence-electron chi connectivity index (χ1n) is 6.27. The van der Waals surface area contributed by atoms with Gasteiger partial charge in [-0.3, -0.25) is 0 Å².